The molecule has 4 rings (SSSR count). The topological polar surface area (TPSA) is 178 Å². The van der Waals surface area contributed by atoms with Gasteiger partial charge in [0.25, 0.3) is 18.3 Å². The van der Waals surface area contributed by atoms with Gasteiger partial charge >= 0.3 is 0 Å². The van der Waals surface area contributed by atoms with Crippen LogP contribution in [0.3, 0.4) is 0 Å². The first kappa shape index (κ1) is 35.9. The van der Waals surface area contributed by atoms with Gasteiger partial charge in [0.15, 0.2) is 17.4 Å². The summed E-state index contributed by atoms with van der Waals surface area (Å²) < 4.78 is 40.2. The van der Waals surface area contributed by atoms with E-state index in [1.165, 1.54) is 55.3 Å². The number of carbonyl (C=O) groups excluding carboxylic acids is 3. The summed E-state index contributed by atoms with van der Waals surface area (Å²) in [6, 6.07) is 6.95. The van der Waals surface area contributed by atoms with Crippen LogP contribution in [0.1, 0.15) is 40.2 Å². The number of carbonyl (C=O) groups is 4. The first-order valence-electron chi connectivity index (χ1n) is 14.1. The molecule has 0 bridgehead atoms. The summed E-state index contributed by atoms with van der Waals surface area (Å²) in [5, 5.41) is 12.6. The van der Waals surface area contributed by atoms with Crippen molar-refractivity contribution in [3.63, 3.8) is 0 Å². The average Bonchev–Trinajstić information content (AvgIpc) is 3.42. The van der Waals surface area contributed by atoms with Gasteiger partial charge in [-0.3, -0.25) is 19.2 Å². The lowest BCUT2D eigenvalue weighted by Gasteiger charge is -2.32. The lowest BCUT2D eigenvalue weighted by atomic mass is 10.0. The van der Waals surface area contributed by atoms with Gasteiger partial charge < -0.3 is 40.4 Å². The Morgan fingerprint density at radius 1 is 1.13 bits per heavy atom. The van der Waals surface area contributed by atoms with Gasteiger partial charge in [-0.25, -0.2) is 9.37 Å². The Morgan fingerprint density at radius 2 is 1.83 bits per heavy atom. The van der Waals surface area contributed by atoms with Crippen LogP contribution in [0.25, 0.3) is 11.3 Å². The fourth-order valence-corrected chi connectivity index (χ4v) is 5.03. The normalized spacial score (nSPS) is 13.0. The van der Waals surface area contributed by atoms with Crippen LogP contribution >= 0.6 is 11.6 Å². The smallest absolute Gasteiger partial charge is 0.291 e. The van der Waals surface area contributed by atoms with E-state index in [0.29, 0.717) is 51.4 Å². The maximum atomic E-state index is 14.6. The van der Waals surface area contributed by atoms with Gasteiger partial charge in [-0.2, -0.15) is 4.39 Å². The summed E-state index contributed by atoms with van der Waals surface area (Å²) >= 11 is 6.39. The van der Waals surface area contributed by atoms with E-state index in [-0.39, 0.29) is 64.2 Å². The second-order valence-electron chi connectivity index (χ2n) is 10.0. The van der Waals surface area contributed by atoms with Crippen molar-refractivity contribution in [2.75, 3.05) is 45.3 Å². The first-order valence-corrected chi connectivity index (χ1v) is 14.5. The van der Waals surface area contributed by atoms with Crippen molar-refractivity contribution in [3.05, 3.63) is 64.6 Å². The van der Waals surface area contributed by atoms with E-state index in [9.17, 15) is 23.2 Å². The van der Waals surface area contributed by atoms with Crippen molar-refractivity contribution < 1.29 is 42.5 Å². The highest BCUT2D eigenvalue weighted by atomic mass is 35.5. The highest BCUT2D eigenvalue weighted by Gasteiger charge is 2.25. The van der Waals surface area contributed by atoms with Crippen molar-refractivity contribution in [3.8, 4) is 17.0 Å². The van der Waals surface area contributed by atoms with Crippen LogP contribution < -0.4 is 21.1 Å². The van der Waals surface area contributed by atoms with E-state index in [1.807, 2.05) is 0 Å². The first-order chi connectivity index (χ1) is 22.1. The fourth-order valence-electron chi connectivity index (χ4n) is 4.76. The average molecular weight is 665 g/mol. The number of benzene rings is 2. The SMILES string of the molecule is COc1ccc(-c2cnc(C(=O)Nc3ccc(C(=O)NC4CCN(C(=O)CCOCCN)CC4)c(Cl)c3)n2C)c(F)c1F.O=CO. The maximum Gasteiger partial charge on any atom is 0.291 e. The van der Waals surface area contributed by atoms with Gasteiger partial charge in [0.05, 0.1) is 49.2 Å². The number of likely N-dealkylation sites (tertiary alicyclic amines) is 1. The maximum absolute atomic E-state index is 14.6. The molecule has 0 saturated carbocycles. The molecule has 0 spiro atoms. The Kier molecular flexibility index (Phi) is 13.4. The van der Waals surface area contributed by atoms with E-state index >= 15 is 0 Å². The Morgan fingerprint density at radius 3 is 2.46 bits per heavy atom. The van der Waals surface area contributed by atoms with E-state index in [4.69, 9.17) is 36.7 Å². The second kappa shape index (κ2) is 17.2. The Labute approximate surface area is 268 Å². The molecule has 1 saturated heterocycles. The number of anilines is 1. The van der Waals surface area contributed by atoms with E-state index in [0.717, 1.165) is 0 Å². The zero-order valence-electron chi connectivity index (χ0n) is 25.2. The summed E-state index contributed by atoms with van der Waals surface area (Å²) in [4.78, 5) is 52.4. The monoisotopic (exact) mass is 664 g/mol. The molecule has 46 heavy (non-hydrogen) atoms. The van der Waals surface area contributed by atoms with Gasteiger partial charge in [-0.15, -0.1) is 0 Å². The molecule has 0 atom stereocenters. The number of ether oxygens (including phenoxy) is 2. The van der Waals surface area contributed by atoms with E-state index in [2.05, 4.69) is 15.6 Å². The van der Waals surface area contributed by atoms with Gasteiger partial charge in [-0.1, -0.05) is 11.6 Å². The summed E-state index contributed by atoms with van der Waals surface area (Å²) in [5.41, 5.74) is 6.00. The molecular formula is C30H35ClF2N6O7. The van der Waals surface area contributed by atoms with Crippen LogP contribution in [0, 0.1) is 11.6 Å². The Bertz CT molecular complexity index is 1550. The highest BCUT2D eigenvalue weighted by Crippen LogP contribution is 2.30. The number of methoxy groups -OCH3 is 1. The van der Waals surface area contributed by atoms with Gasteiger partial charge in [-0.05, 0) is 43.2 Å². The molecular weight excluding hydrogens is 630 g/mol. The largest absolute Gasteiger partial charge is 0.494 e. The number of nitrogens with zero attached hydrogens (tertiary/aromatic N) is 3. The quantitative estimate of drug-likeness (QED) is 0.177. The Hall–Kier alpha value is -4.60. The highest BCUT2D eigenvalue weighted by molar-refractivity contribution is 6.34. The number of hydrogen-bond donors (Lipinski definition) is 4. The zero-order valence-corrected chi connectivity index (χ0v) is 26.0. The molecule has 16 heteroatoms. The van der Waals surface area contributed by atoms with Crippen LogP contribution in [-0.2, 0) is 21.4 Å². The number of carboxylic acid groups (broad SMARTS) is 1. The number of imidazole rings is 1. The van der Waals surface area contributed by atoms with Crippen molar-refractivity contribution >= 4 is 41.5 Å². The second-order valence-corrected chi connectivity index (χ2v) is 10.4. The molecule has 1 aromatic heterocycles. The molecule has 2 aromatic carbocycles. The molecule has 1 aliphatic rings. The van der Waals surface area contributed by atoms with Crippen molar-refractivity contribution in [2.45, 2.75) is 25.3 Å². The molecule has 5 N–H and O–H groups in total. The van der Waals surface area contributed by atoms with Gasteiger partial charge in [0.1, 0.15) is 0 Å². The minimum Gasteiger partial charge on any atom is -0.494 e. The van der Waals surface area contributed by atoms with Crippen LogP contribution in [0.4, 0.5) is 14.5 Å². The summed E-state index contributed by atoms with van der Waals surface area (Å²) in [5.74, 6) is -3.56. The number of hydrogen-bond acceptors (Lipinski definition) is 8. The van der Waals surface area contributed by atoms with Crippen LogP contribution in [-0.4, -0.2) is 89.8 Å². The minimum absolute atomic E-state index is 0.00559. The number of piperidine rings is 1. The number of amides is 3. The summed E-state index contributed by atoms with van der Waals surface area (Å²) in [6.07, 6.45) is 2.76. The molecule has 13 nitrogen and oxygen atoms in total. The molecule has 3 aromatic rings. The van der Waals surface area contributed by atoms with E-state index in [1.54, 1.807) is 4.90 Å². The zero-order chi connectivity index (χ0) is 33.8. The van der Waals surface area contributed by atoms with Crippen molar-refractivity contribution in [1.29, 1.82) is 0 Å². The van der Waals surface area contributed by atoms with Gasteiger partial charge in [0, 0.05) is 44.0 Å². The molecule has 1 fully saturated rings. The molecule has 0 radical (unpaired) electrons. The number of nitrogens with two attached hydrogens (primary N) is 1. The minimum atomic E-state index is -1.15. The summed E-state index contributed by atoms with van der Waals surface area (Å²) in [6.45, 7) is 1.95. The van der Waals surface area contributed by atoms with Crippen LogP contribution in [0.2, 0.25) is 5.02 Å². The Balaban J connectivity index is 0.00000185. The number of rotatable bonds is 11. The number of nitrogens with one attached hydrogen (secondary N) is 2. The third-order valence-corrected chi connectivity index (χ3v) is 7.42. The molecule has 248 valence electrons. The van der Waals surface area contributed by atoms with Gasteiger partial charge in [0.2, 0.25) is 11.7 Å². The number of aromatic nitrogens is 2. The molecule has 0 aliphatic carbocycles. The lowest BCUT2D eigenvalue weighted by Crippen LogP contribution is -2.46. The van der Waals surface area contributed by atoms with Crippen LogP contribution in [0.5, 0.6) is 5.75 Å². The van der Waals surface area contributed by atoms with Crippen LogP contribution in [0.15, 0.2) is 36.5 Å². The molecule has 1 aliphatic heterocycles. The van der Waals surface area contributed by atoms with E-state index < -0.39 is 17.5 Å². The fraction of sp³-hybridized carbons (Fsp3) is 0.367. The predicted octanol–water partition coefficient (Wildman–Crippen LogP) is 3.07. The molecule has 3 amide bonds. The van der Waals surface area contributed by atoms with Crippen molar-refractivity contribution in [1.82, 2.24) is 19.8 Å². The third kappa shape index (κ3) is 8.99. The van der Waals surface area contributed by atoms with Crippen molar-refractivity contribution in [2.24, 2.45) is 12.8 Å². The third-order valence-electron chi connectivity index (χ3n) is 7.11. The summed E-state index contributed by atoms with van der Waals surface area (Å²) in [7, 11) is 2.73. The number of halogens is 3. The standard InChI is InChI=1S/C29H33ClF2N6O5.CH2O2/c1-37-22(20-5-6-23(42-2)26(32)25(20)31)16-34-27(37)29(41)36-18-3-4-19(21(30)15-18)28(40)35-17-7-11-38(12-8-17)24(39)9-13-43-14-10-33;2-1-3/h3-6,15-17H,7-14,33H2,1-2H3,(H,35,40)(H,36,41);1H,(H,2,3). The molecule has 0 unspecified atom stereocenters. The predicted molar refractivity (Wildman–Crippen MR) is 165 cm³/mol. The molecule has 2 heterocycles. The lowest BCUT2D eigenvalue weighted by molar-refractivity contribution is -0.133.